The van der Waals surface area contributed by atoms with Gasteiger partial charge in [0.25, 0.3) is 11.8 Å². The van der Waals surface area contributed by atoms with E-state index in [-0.39, 0.29) is 16.3 Å². The van der Waals surface area contributed by atoms with Crippen molar-refractivity contribution >= 4 is 34.8 Å². The number of hydrogen-bond acceptors (Lipinski definition) is 3. The lowest BCUT2D eigenvalue weighted by atomic mass is 10.1. The van der Waals surface area contributed by atoms with Crippen LogP contribution < -0.4 is 10.6 Å². The maximum Gasteiger partial charge on any atom is 0.426 e. The third-order valence-corrected chi connectivity index (χ3v) is 4.10. The molecule has 9 heteroatoms. The van der Waals surface area contributed by atoms with Crippen LogP contribution in [0.5, 0.6) is 0 Å². The maximum atomic E-state index is 12.7. The number of hydrogen-bond donors (Lipinski definition) is 3. The third kappa shape index (κ3) is 4.78. The fourth-order valence-corrected chi connectivity index (χ4v) is 2.20. The molecular formula is C18H16ClF3N2O3. The number of alkyl halides is 3. The molecule has 0 saturated carbocycles. The fourth-order valence-electron chi connectivity index (χ4n) is 1.97. The van der Waals surface area contributed by atoms with Crippen molar-refractivity contribution in [1.82, 2.24) is 0 Å². The Morgan fingerprint density at radius 1 is 1.04 bits per heavy atom. The molecule has 2 amide bonds. The molecule has 0 bridgehead atoms. The monoisotopic (exact) mass is 400 g/mol. The Bertz CT molecular complexity index is 865. The molecule has 0 aliphatic heterocycles. The van der Waals surface area contributed by atoms with E-state index in [1.54, 1.807) is 12.1 Å². The predicted molar refractivity (Wildman–Crippen MR) is 95.9 cm³/mol. The third-order valence-electron chi connectivity index (χ3n) is 3.78. The Hall–Kier alpha value is -2.58. The molecule has 0 radical (unpaired) electrons. The Balaban J connectivity index is 2.14. The molecule has 3 N–H and O–H groups in total. The Morgan fingerprint density at radius 2 is 1.63 bits per heavy atom. The SMILES string of the molecule is Cc1ccc(NC(=O)c2ccc(NC(=O)C(C)(O)C(F)(F)F)c(Cl)c2)cc1. The van der Waals surface area contributed by atoms with Crippen LogP contribution in [0.4, 0.5) is 24.5 Å². The minimum atomic E-state index is -5.16. The number of halogens is 4. The second-order valence-corrected chi connectivity index (χ2v) is 6.45. The van der Waals surface area contributed by atoms with Crippen molar-refractivity contribution in [2.24, 2.45) is 0 Å². The van der Waals surface area contributed by atoms with Crippen molar-refractivity contribution in [2.75, 3.05) is 10.6 Å². The van der Waals surface area contributed by atoms with Crippen molar-refractivity contribution in [1.29, 1.82) is 0 Å². The average Bonchev–Trinajstić information content (AvgIpc) is 2.57. The van der Waals surface area contributed by atoms with Gasteiger partial charge in [0.15, 0.2) is 0 Å². The van der Waals surface area contributed by atoms with Crippen LogP contribution in [0.3, 0.4) is 0 Å². The first-order valence-electron chi connectivity index (χ1n) is 7.70. The van der Waals surface area contributed by atoms with E-state index in [2.05, 4.69) is 5.32 Å². The second kappa shape index (κ2) is 7.58. The van der Waals surface area contributed by atoms with Gasteiger partial charge in [0.05, 0.1) is 10.7 Å². The van der Waals surface area contributed by atoms with Crippen molar-refractivity contribution in [3.63, 3.8) is 0 Å². The molecule has 0 heterocycles. The minimum absolute atomic E-state index is 0.140. The summed E-state index contributed by atoms with van der Waals surface area (Å²) >= 11 is 5.95. The Kier molecular flexibility index (Phi) is 5.82. The molecule has 144 valence electrons. The topological polar surface area (TPSA) is 78.4 Å². The average molecular weight is 401 g/mol. The molecule has 0 saturated heterocycles. The largest absolute Gasteiger partial charge is 0.426 e. The zero-order chi connectivity index (χ0) is 20.4. The Morgan fingerprint density at radius 3 is 2.15 bits per heavy atom. The second-order valence-electron chi connectivity index (χ2n) is 6.04. The molecule has 0 spiro atoms. The quantitative estimate of drug-likeness (QED) is 0.721. The normalized spacial score (nSPS) is 13.6. The van der Waals surface area contributed by atoms with E-state index in [1.165, 1.54) is 18.2 Å². The summed E-state index contributed by atoms with van der Waals surface area (Å²) in [5.74, 6) is -2.17. The summed E-state index contributed by atoms with van der Waals surface area (Å²) in [7, 11) is 0. The highest BCUT2D eigenvalue weighted by atomic mass is 35.5. The molecule has 0 aromatic heterocycles. The molecule has 0 fully saturated rings. The summed E-state index contributed by atoms with van der Waals surface area (Å²) in [5.41, 5.74) is -2.04. The first-order valence-corrected chi connectivity index (χ1v) is 8.08. The van der Waals surface area contributed by atoms with E-state index in [4.69, 9.17) is 11.6 Å². The highest BCUT2D eigenvalue weighted by Crippen LogP contribution is 2.32. The number of carbonyl (C=O) groups excluding carboxylic acids is 2. The molecule has 2 aromatic carbocycles. The van der Waals surface area contributed by atoms with Gasteiger partial charge in [-0.3, -0.25) is 9.59 Å². The zero-order valence-corrected chi connectivity index (χ0v) is 15.1. The number of benzene rings is 2. The van der Waals surface area contributed by atoms with E-state index in [0.29, 0.717) is 12.6 Å². The molecule has 2 aromatic rings. The molecule has 1 atom stereocenters. The number of rotatable bonds is 4. The first-order chi connectivity index (χ1) is 12.4. The van der Waals surface area contributed by atoms with E-state index in [9.17, 15) is 27.9 Å². The summed E-state index contributed by atoms with van der Waals surface area (Å²) in [6, 6.07) is 10.7. The number of aryl methyl sites for hydroxylation is 1. The van der Waals surface area contributed by atoms with E-state index < -0.39 is 23.6 Å². The summed E-state index contributed by atoms with van der Waals surface area (Å²) in [4.78, 5) is 23.9. The fraction of sp³-hybridized carbons (Fsp3) is 0.222. The predicted octanol–water partition coefficient (Wildman–Crippen LogP) is 4.15. The van der Waals surface area contributed by atoms with E-state index in [0.717, 1.165) is 5.56 Å². The van der Waals surface area contributed by atoms with Crippen LogP contribution in [-0.2, 0) is 4.79 Å². The summed E-state index contributed by atoms with van der Waals surface area (Å²) in [6.07, 6.45) is -5.16. The van der Waals surface area contributed by atoms with Crippen LogP contribution in [-0.4, -0.2) is 28.7 Å². The standard InChI is InChI=1S/C18H16ClF3N2O3/c1-10-3-6-12(7-4-10)23-15(25)11-5-8-14(13(19)9-11)24-16(26)17(2,27)18(20,21)22/h3-9,27H,1-2H3,(H,23,25)(H,24,26). The first kappa shape index (κ1) is 20.7. The van der Waals surface area contributed by atoms with E-state index in [1.807, 2.05) is 24.4 Å². The molecule has 5 nitrogen and oxygen atoms in total. The maximum absolute atomic E-state index is 12.7. The molecule has 2 rings (SSSR count). The van der Waals surface area contributed by atoms with Gasteiger partial charge >= 0.3 is 6.18 Å². The number of carbonyl (C=O) groups is 2. The number of aliphatic hydroxyl groups is 1. The highest BCUT2D eigenvalue weighted by Gasteiger charge is 2.55. The van der Waals surface area contributed by atoms with Crippen molar-refractivity contribution < 1.29 is 27.9 Å². The van der Waals surface area contributed by atoms with Gasteiger partial charge in [-0.15, -0.1) is 0 Å². The number of amides is 2. The highest BCUT2D eigenvalue weighted by molar-refractivity contribution is 6.34. The summed E-state index contributed by atoms with van der Waals surface area (Å²) < 4.78 is 38.1. The molecule has 0 aliphatic rings. The molecule has 0 aliphatic carbocycles. The van der Waals surface area contributed by atoms with Gasteiger partial charge in [0.2, 0.25) is 5.60 Å². The van der Waals surface area contributed by atoms with Gasteiger partial charge in [-0.05, 0) is 44.2 Å². The Labute approximate surface area is 158 Å². The summed E-state index contributed by atoms with van der Waals surface area (Å²) in [5, 5.41) is 13.7. The van der Waals surface area contributed by atoms with Gasteiger partial charge in [0.1, 0.15) is 0 Å². The lowest BCUT2D eigenvalue weighted by Gasteiger charge is -2.25. The molecule has 27 heavy (non-hydrogen) atoms. The van der Waals surface area contributed by atoms with Crippen LogP contribution in [0.1, 0.15) is 22.8 Å². The van der Waals surface area contributed by atoms with Crippen molar-refractivity contribution in [3.05, 3.63) is 58.6 Å². The minimum Gasteiger partial charge on any atom is -0.373 e. The lowest BCUT2D eigenvalue weighted by molar-refractivity contribution is -0.242. The van der Waals surface area contributed by atoms with Gasteiger partial charge < -0.3 is 15.7 Å². The van der Waals surface area contributed by atoms with Crippen LogP contribution in [0.25, 0.3) is 0 Å². The zero-order valence-electron chi connectivity index (χ0n) is 14.3. The molecule has 1 unspecified atom stereocenters. The van der Waals surface area contributed by atoms with Crippen LogP contribution >= 0.6 is 11.6 Å². The number of anilines is 2. The van der Waals surface area contributed by atoms with E-state index >= 15 is 0 Å². The van der Waals surface area contributed by atoms with Crippen LogP contribution in [0.2, 0.25) is 5.02 Å². The van der Waals surface area contributed by atoms with Gasteiger partial charge in [0, 0.05) is 11.3 Å². The van der Waals surface area contributed by atoms with Gasteiger partial charge in [-0.1, -0.05) is 29.3 Å². The smallest absolute Gasteiger partial charge is 0.373 e. The molecular weight excluding hydrogens is 385 g/mol. The lowest BCUT2D eigenvalue weighted by Crippen LogP contribution is -2.52. The van der Waals surface area contributed by atoms with Crippen molar-refractivity contribution in [3.8, 4) is 0 Å². The van der Waals surface area contributed by atoms with Crippen LogP contribution in [0, 0.1) is 6.92 Å². The van der Waals surface area contributed by atoms with Crippen molar-refractivity contribution in [2.45, 2.75) is 25.6 Å². The van der Waals surface area contributed by atoms with Crippen LogP contribution in [0.15, 0.2) is 42.5 Å². The summed E-state index contributed by atoms with van der Waals surface area (Å²) in [6.45, 7) is 2.23. The van der Waals surface area contributed by atoms with Gasteiger partial charge in [-0.2, -0.15) is 13.2 Å². The van der Waals surface area contributed by atoms with Gasteiger partial charge in [-0.25, -0.2) is 0 Å². The number of nitrogens with one attached hydrogen (secondary N) is 2.